The van der Waals surface area contributed by atoms with Crippen molar-refractivity contribution in [2.75, 3.05) is 6.54 Å². The predicted molar refractivity (Wildman–Crippen MR) is 78.7 cm³/mol. The molecule has 0 aromatic carbocycles. The molecular formula is C15H21N5O. The average Bonchev–Trinajstić information content (AvgIpc) is 3.13. The Hall–Kier alpha value is -2.11. The van der Waals surface area contributed by atoms with Crippen molar-refractivity contribution >= 4 is 5.91 Å². The van der Waals surface area contributed by atoms with E-state index in [1.165, 1.54) is 0 Å². The summed E-state index contributed by atoms with van der Waals surface area (Å²) in [6.07, 6.45) is 5.38. The van der Waals surface area contributed by atoms with Crippen molar-refractivity contribution in [3.63, 3.8) is 0 Å². The van der Waals surface area contributed by atoms with Gasteiger partial charge in [-0.25, -0.2) is 0 Å². The van der Waals surface area contributed by atoms with E-state index >= 15 is 0 Å². The molecule has 0 bridgehead atoms. The first-order valence-electron chi connectivity index (χ1n) is 7.46. The fourth-order valence-corrected chi connectivity index (χ4v) is 3.09. The van der Waals surface area contributed by atoms with Crippen molar-refractivity contribution in [2.45, 2.75) is 45.6 Å². The number of nitrogens with one attached hydrogen (secondary N) is 2. The molecule has 2 aromatic rings. The monoisotopic (exact) mass is 287 g/mol. The van der Waals surface area contributed by atoms with Crippen molar-refractivity contribution in [3.8, 4) is 0 Å². The topological polar surface area (TPSA) is 77.7 Å². The number of aryl methyl sites for hydroxylation is 2. The Morgan fingerprint density at radius 3 is 2.90 bits per heavy atom. The number of likely N-dealkylation sites (tertiary alicyclic amines) is 1. The second kappa shape index (κ2) is 5.71. The summed E-state index contributed by atoms with van der Waals surface area (Å²) in [7, 11) is 0. The Balaban J connectivity index is 1.79. The molecule has 0 saturated carbocycles. The number of amides is 1. The third-order valence-electron chi connectivity index (χ3n) is 4.31. The summed E-state index contributed by atoms with van der Waals surface area (Å²) < 4.78 is 0. The summed E-state index contributed by atoms with van der Waals surface area (Å²) in [4.78, 5) is 14.7. The fraction of sp³-hybridized carbons (Fsp3) is 0.533. The van der Waals surface area contributed by atoms with Crippen LogP contribution in [0.1, 0.15) is 47.9 Å². The maximum atomic E-state index is 12.7. The van der Waals surface area contributed by atoms with E-state index in [2.05, 4.69) is 20.4 Å². The third kappa shape index (κ3) is 2.70. The zero-order valence-electron chi connectivity index (χ0n) is 12.5. The minimum atomic E-state index is 0.126. The maximum Gasteiger partial charge on any atom is 0.227 e. The number of aromatic amines is 2. The van der Waals surface area contributed by atoms with Crippen molar-refractivity contribution < 1.29 is 4.79 Å². The van der Waals surface area contributed by atoms with Crippen molar-refractivity contribution in [2.24, 2.45) is 0 Å². The molecule has 1 aliphatic rings. The second-order valence-electron chi connectivity index (χ2n) is 5.70. The van der Waals surface area contributed by atoms with Gasteiger partial charge in [0.15, 0.2) is 0 Å². The number of rotatable bonds is 3. The van der Waals surface area contributed by atoms with Crippen LogP contribution in [0.4, 0.5) is 0 Å². The lowest BCUT2D eigenvalue weighted by molar-refractivity contribution is -0.134. The lowest BCUT2D eigenvalue weighted by Gasteiger charge is -2.35. The molecule has 1 saturated heterocycles. The van der Waals surface area contributed by atoms with Crippen LogP contribution in [0, 0.1) is 13.8 Å². The van der Waals surface area contributed by atoms with Crippen molar-refractivity contribution in [1.82, 2.24) is 25.3 Å². The molecule has 112 valence electrons. The number of hydrogen-bond acceptors (Lipinski definition) is 3. The minimum absolute atomic E-state index is 0.126. The highest BCUT2D eigenvalue weighted by Gasteiger charge is 2.29. The molecule has 21 heavy (non-hydrogen) atoms. The SMILES string of the molecule is Cc1n[nH]c(C)c1CC(=O)N1CCCC[C@H]1c1ccn[nH]1. The van der Waals surface area contributed by atoms with E-state index in [1.807, 2.05) is 24.8 Å². The lowest BCUT2D eigenvalue weighted by atomic mass is 9.98. The number of carbonyl (C=O) groups excluding carboxylic acids is 1. The highest BCUT2D eigenvalue weighted by Crippen LogP contribution is 2.30. The van der Waals surface area contributed by atoms with Gasteiger partial charge in [-0.1, -0.05) is 0 Å². The Labute approximate surface area is 123 Å². The van der Waals surface area contributed by atoms with E-state index in [-0.39, 0.29) is 11.9 Å². The molecule has 0 aliphatic carbocycles. The van der Waals surface area contributed by atoms with Gasteiger partial charge in [-0.2, -0.15) is 10.2 Å². The van der Waals surface area contributed by atoms with Gasteiger partial charge in [-0.05, 0) is 39.2 Å². The average molecular weight is 287 g/mol. The Bertz CT molecular complexity index is 597. The Morgan fingerprint density at radius 1 is 1.38 bits per heavy atom. The van der Waals surface area contributed by atoms with Gasteiger partial charge in [0, 0.05) is 24.0 Å². The van der Waals surface area contributed by atoms with Crippen LogP contribution in [-0.2, 0) is 11.2 Å². The van der Waals surface area contributed by atoms with Crippen LogP contribution in [0.25, 0.3) is 0 Å². The van der Waals surface area contributed by atoms with E-state index in [0.717, 1.165) is 48.5 Å². The normalized spacial score (nSPS) is 19.0. The number of hydrogen-bond donors (Lipinski definition) is 2. The molecule has 0 spiro atoms. The molecule has 1 fully saturated rings. The quantitative estimate of drug-likeness (QED) is 0.907. The van der Waals surface area contributed by atoms with Gasteiger partial charge in [0.25, 0.3) is 0 Å². The van der Waals surface area contributed by atoms with Crippen molar-refractivity contribution in [1.29, 1.82) is 0 Å². The van der Waals surface area contributed by atoms with Gasteiger partial charge in [0.2, 0.25) is 5.91 Å². The summed E-state index contributed by atoms with van der Waals surface area (Å²) in [5.74, 6) is 0.168. The van der Waals surface area contributed by atoms with E-state index in [4.69, 9.17) is 0 Å². The third-order valence-corrected chi connectivity index (χ3v) is 4.31. The van der Waals surface area contributed by atoms with Gasteiger partial charge < -0.3 is 4.90 Å². The van der Waals surface area contributed by atoms with Crippen LogP contribution in [0.2, 0.25) is 0 Å². The number of piperidine rings is 1. The maximum absolute atomic E-state index is 12.7. The number of H-pyrrole nitrogens is 2. The molecule has 6 nitrogen and oxygen atoms in total. The summed E-state index contributed by atoms with van der Waals surface area (Å²) in [6, 6.07) is 2.09. The van der Waals surface area contributed by atoms with Gasteiger partial charge >= 0.3 is 0 Å². The molecule has 0 unspecified atom stereocenters. The van der Waals surface area contributed by atoms with Gasteiger partial charge in [-0.3, -0.25) is 15.0 Å². The van der Waals surface area contributed by atoms with Crippen LogP contribution in [0.5, 0.6) is 0 Å². The van der Waals surface area contributed by atoms with E-state index in [1.54, 1.807) is 6.20 Å². The minimum Gasteiger partial charge on any atom is -0.334 e. The fourth-order valence-electron chi connectivity index (χ4n) is 3.09. The van der Waals surface area contributed by atoms with Crippen LogP contribution >= 0.6 is 0 Å². The van der Waals surface area contributed by atoms with Crippen LogP contribution < -0.4 is 0 Å². The molecule has 1 aliphatic heterocycles. The summed E-state index contributed by atoms with van der Waals surface area (Å²) in [5.41, 5.74) is 3.95. The summed E-state index contributed by atoms with van der Waals surface area (Å²) in [6.45, 7) is 4.72. The Kier molecular flexibility index (Phi) is 3.77. The predicted octanol–water partition coefficient (Wildman–Crippen LogP) is 2.05. The van der Waals surface area contributed by atoms with Gasteiger partial charge in [-0.15, -0.1) is 0 Å². The number of nitrogens with zero attached hydrogens (tertiary/aromatic N) is 3. The van der Waals surface area contributed by atoms with E-state index in [9.17, 15) is 4.79 Å². The van der Waals surface area contributed by atoms with Crippen LogP contribution in [0.15, 0.2) is 12.3 Å². The highest BCUT2D eigenvalue weighted by molar-refractivity contribution is 5.79. The Morgan fingerprint density at radius 2 is 2.24 bits per heavy atom. The first-order chi connectivity index (χ1) is 10.2. The molecule has 2 aromatic heterocycles. The highest BCUT2D eigenvalue weighted by atomic mass is 16.2. The second-order valence-corrected chi connectivity index (χ2v) is 5.70. The molecular weight excluding hydrogens is 266 g/mol. The molecule has 3 heterocycles. The molecule has 3 rings (SSSR count). The van der Waals surface area contributed by atoms with Crippen molar-refractivity contribution in [3.05, 3.63) is 34.9 Å². The molecule has 1 amide bonds. The molecule has 0 radical (unpaired) electrons. The lowest BCUT2D eigenvalue weighted by Crippen LogP contribution is -2.39. The largest absolute Gasteiger partial charge is 0.334 e. The van der Waals surface area contributed by atoms with Gasteiger partial charge in [0.05, 0.1) is 23.9 Å². The standard InChI is InChI=1S/C15H21N5O/c1-10-12(11(2)18-17-10)9-15(21)20-8-4-3-5-14(20)13-6-7-16-19-13/h6-7,14H,3-5,8-9H2,1-2H3,(H,16,19)(H,17,18)/t14-/m0/s1. The molecule has 1 atom stereocenters. The van der Waals surface area contributed by atoms with Gasteiger partial charge in [0.1, 0.15) is 0 Å². The van der Waals surface area contributed by atoms with Crippen LogP contribution in [-0.4, -0.2) is 37.7 Å². The van der Waals surface area contributed by atoms with Crippen LogP contribution in [0.3, 0.4) is 0 Å². The smallest absolute Gasteiger partial charge is 0.227 e. The first kappa shape index (κ1) is 13.9. The molecule has 6 heteroatoms. The van der Waals surface area contributed by atoms with E-state index in [0.29, 0.717) is 6.42 Å². The first-order valence-corrected chi connectivity index (χ1v) is 7.46. The zero-order chi connectivity index (χ0) is 14.8. The number of carbonyl (C=O) groups is 1. The summed E-state index contributed by atoms with van der Waals surface area (Å²) in [5, 5.41) is 14.1. The molecule has 2 N–H and O–H groups in total. The van der Waals surface area contributed by atoms with E-state index < -0.39 is 0 Å². The number of aromatic nitrogens is 4. The summed E-state index contributed by atoms with van der Waals surface area (Å²) >= 11 is 0. The zero-order valence-corrected chi connectivity index (χ0v) is 12.5.